The van der Waals surface area contributed by atoms with Crippen LogP contribution in [-0.2, 0) is 6.42 Å². The van der Waals surface area contributed by atoms with Gasteiger partial charge in [0.2, 0.25) is 0 Å². The van der Waals surface area contributed by atoms with Crippen molar-refractivity contribution in [3.8, 4) is 6.07 Å². The normalized spacial score (nSPS) is 11.9. The summed E-state index contributed by atoms with van der Waals surface area (Å²) in [5, 5.41) is 12.9. The zero-order valence-corrected chi connectivity index (χ0v) is 17.4. The summed E-state index contributed by atoms with van der Waals surface area (Å²) in [4.78, 5) is 20.7. The summed E-state index contributed by atoms with van der Waals surface area (Å²) in [6.07, 6.45) is 5.15. The van der Waals surface area contributed by atoms with Crippen molar-refractivity contribution in [2.75, 3.05) is 0 Å². The third-order valence-corrected chi connectivity index (χ3v) is 4.61. The minimum Gasteiger partial charge on any atom is -0.322 e. The van der Waals surface area contributed by atoms with Crippen molar-refractivity contribution in [1.82, 2.24) is 15.3 Å². The number of nitrogens with one attached hydrogen (secondary N) is 1. The smallest absolute Gasteiger partial charge is 0.275 e. The number of rotatable bonds is 5. The number of amides is 1. The summed E-state index contributed by atoms with van der Waals surface area (Å²) in [5.74, 6) is -0.388. The second-order valence-electron chi connectivity index (χ2n) is 8.02. The standard InChI is InChI=1S/C25H24N4O/c1-25(2,3)23(29-24(30)22-17-27-12-13-28-22)21(16-26)20-11-7-10-19(15-20)14-18-8-5-4-6-9-18/h4-13,15,17H,14H2,1-3H3,(H,29,30)/b23-21-. The van der Waals surface area contributed by atoms with Crippen LogP contribution >= 0.6 is 0 Å². The van der Waals surface area contributed by atoms with Crippen LogP contribution in [0.3, 0.4) is 0 Å². The Hall–Kier alpha value is -3.78. The van der Waals surface area contributed by atoms with Crippen molar-refractivity contribution in [2.45, 2.75) is 27.2 Å². The van der Waals surface area contributed by atoms with E-state index in [0.29, 0.717) is 11.3 Å². The molecule has 1 N–H and O–H groups in total. The molecule has 5 heteroatoms. The Kier molecular flexibility index (Phi) is 6.38. The van der Waals surface area contributed by atoms with Crippen LogP contribution in [0.15, 0.2) is 78.9 Å². The van der Waals surface area contributed by atoms with Gasteiger partial charge in [-0.1, -0.05) is 75.4 Å². The quantitative estimate of drug-likeness (QED) is 0.630. The van der Waals surface area contributed by atoms with E-state index in [1.807, 2.05) is 63.2 Å². The Morgan fingerprint density at radius 2 is 1.77 bits per heavy atom. The third kappa shape index (κ3) is 5.18. The molecular weight excluding hydrogens is 372 g/mol. The fourth-order valence-corrected chi connectivity index (χ4v) is 3.15. The molecule has 0 atom stereocenters. The molecule has 0 saturated heterocycles. The molecule has 0 bridgehead atoms. The second kappa shape index (κ2) is 9.15. The monoisotopic (exact) mass is 396 g/mol. The SMILES string of the molecule is CC(C)(C)/C(NC(=O)c1cnccn1)=C(\C#N)c1cccc(Cc2ccccc2)c1. The Morgan fingerprint density at radius 1 is 1.03 bits per heavy atom. The molecule has 0 spiro atoms. The van der Waals surface area contributed by atoms with E-state index in [-0.39, 0.29) is 11.6 Å². The predicted octanol–water partition coefficient (Wildman–Crippen LogP) is 4.78. The van der Waals surface area contributed by atoms with Gasteiger partial charge < -0.3 is 5.32 Å². The molecule has 0 unspecified atom stereocenters. The summed E-state index contributed by atoms with van der Waals surface area (Å²) in [5.41, 5.74) is 3.80. The lowest BCUT2D eigenvalue weighted by atomic mass is 9.86. The highest BCUT2D eigenvalue weighted by molar-refractivity contribution is 5.95. The number of hydrogen-bond acceptors (Lipinski definition) is 4. The molecule has 2 aromatic carbocycles. The number of nitrogens with zero attached hydrogens (tertiary/aromatic N) is 3. The average Bonchev–Trinajstić information content (AvgIpc) is 2.74. The van der Waals surface area contributed by atoms with Gasteiger partial charge in [0.05, 0.1) is 11.8 Å². The van der Waals surface area contributed by atoms with Gasteiger partial charge in [0, 0.05) is 23.5 Å². The maximum Gasteiger partial charge on any atom is 0.275 e. The Balaban J connectivity index is 1.99. The fourth-order valence-electron chi connectivity index (χ4n) is 3.15. The van der Waals surface area contributed by atoms with Crippen molar-refractivity contribution < 1.29 is 4.79 Å². The zero-order valence-electron chi connectivity index (χ0n) is 17.4. The molecule has 30 heavy (non-hydrogen) atoms. The summed E-state index contributed by atoms with van der Waals surface area (Å²) < 4.78 is 0. The highest BCUT2D eigenvalue weighted by Gasteiger charge is 2.25. The number of benzene rings is 2. The number of carbonyl (C=O) groups is 1. The maximum absolute atomic E-state index is 12.7. The first-order valence-electron chi connectivity index (χ1n) is 9.74. The van der Waals surface area contributed by atoms with Crippen LogP contribution in [0, 0.1) is 16.7 Å². The van der Waals surface area contributed by atoms with E-state index in [2.05, 4.69) is 33.5 Å². The summed E-state index contributed by atoms with van der Waals surface area (Å²) in [7, 11) is 0. The number of aromatic nitrogens is 2. The molecule has 0 fully saturated rings. The molecular formula is C25H24N4O. The molecule has 0 aliphatic rings. The van der Waals surface area contributed by atoms with Crippen molar-refractivity contribution >= 4 is 11.5 Å². The predicted molar refractivity (Wildman–Crippen MR) is 117 cm³/mol. The third-order valence-electron chi connectivity index (χ3n) is 4.61. The van der Waals surface area contributed by atoms with Gasteiger partial charge >= 0.3 is 0 Å². The summed E-state index contributed by atoms with van der Waals surface area (Å²) >= 11 is 0. The first kappa shape index (κ1) is 20.9. The van der Waals surface area contributed by atoms with Gasteiger partial charge in [-0.2, -0.15) is 5.26 Å². The first-order chi connectivity index (χ1) is 14.4. The lowest BCUT2D eigenvalue weighted by molar-refractivity contribution is 0.0952. The van der Waals surface area contributed by atoms with E-state index in [1.165, 1.54) is 24.2 Å². The van der Waals surface area contributed by atoms with E-state index in [0.717, 1.165) is 17.5 Å². The minimum absolute atomic E-state index is 0.203. The number of allylic oxidation sites excluding steroid dienone is 2. The molecule has 1 aromatic heterocycles. The van der Waals surface area contributed by atoms with Gasteiger partial charge in [0.25, 0.3) is 5.91 Å². The fraction of sp³-hybridized carbons (Fsp3) is 0.200. The lowest BCUT2D eigenvalue weighted by Gasteiger charge is -2.25. The molecule has 0 radical (unpaired) electrons. The summed E-state index contributed by atoms with van der Waals surface area (Å²) in [6, 6.07) is 20.4. The van der Waals surface area contributed by atoms with Gasteiger partial charge in [-0.05, 0) is 23.1 Å². The molecule has 0 aliphatic heterocycles. The Labute approximate surface area is 177 Å². The number of nitriles is 1. The minimum atomic E-state index is -0.460. The van der Waals surface area contributed by atoms with Crippen LogP contribution in [-0.4, -0.2) is 15.9 Å². The molecule has 1 amide bonds. The van der Waals surface area contributed by atoms with E-state index >= 15 is 0 Å². The molecule has 0 aliphatic carbocycles. The topological polar surface area (TPSA) is 78.7 Å². The lowest BCUT2D eigenvalue weighted by Crippen LogP contribution is -2.31. The van der Waals surface area contributed by atoms with Gasteiger partial charge in [0.15, 0.2) is 0 Å². The van der Waals surface area contributed by atoms with E-state index in [4.69, 9.17) is 0 Å². The second-order valence-corrected chi connectivity index (χ2v) is 8.02. The number of carbonyl (C=O) groups excluding carboxylic acids is 1. The first-order valence-corrected chi connectivity index (χ1v) is 9.74. The zero-order chi connectivity index (χ0) is 21.6. The highest BCUT2D eigenvalue weighted by Crippen LogP contribution is 2.31. The Morgan fingerprint density at radius 3 is 2.40 bits per heavy atom. The number of hydrogen-bond donors (Lipinski definition) is 1. The van der Waals surface area contributed by atoms with E-state index in [9.17, 15) is 10.1 Å². The molecule has 5 nitrogen and oxygen atoms in total. The van der Waals surface area contributed by atoms with Gasteiger partial charge in [0.1, 0.15) is 11.8 Å². The van der Waals surface area contributed by atoms with Crippen LogP contribution in [0.2, 0.25) is 0 Å². The van der Waals surface area contributed by atoms with Gasteiger partial charge in [-0.3, -0.25) is 9.78 Å². The molecule has 3 rings (SSSR count). The van der Waals surface area contributed by atoms with Gasteiger partial charge in [-0.25, -0.2) is 4.98 Å². The van der Waals surface area contributed by atoms with Crippen LogP contribution in [0.25, 0.3) is 5.57 Å². The largest absolute Gasteiger partial charge is 0.322 e. The van der Waals surface area contributed by atoms with Crippen molar-refractivity contribution in [2.24, 2.45) is 5.41 Å². The van der Waals surface area contributed by atoms with Crippen molar-refractivity contribution in [1.29, 1.82) is 5.26 Å². The van der Waals surface area contributed by atoms with Crippen molar-refractivity contribution in [3.63, 3.8) is 0 Å². The molecule has 150 valence electrons. The molecule has 1 heterocycles. The maximum atomic E-state index is 12.7. The molecule has 3 aromatic rings. The molecule has 0 saturated carbocycles. The van der Waals surface area contributed by atoms with E-state index < -0.39 is 5.41 Å². The summed E-state index contributed by atoms with van der Waals surface area (Å²) in [6.45, 7) is 5.89. The highest BCUT2D eigenvalue weighted by atomic mass is 16.1. The average molecular weight is 396 g/mol. The van der Waals surface area contributed by atoms with Crippen LogP contribution in [0.4, 0.5) is 0 Å². The van der Waals surface area contributed by atoms with Gasteiger partial charge in [-0.15, -0.1) is 0 Å². The van der Waals surface area contributed by atoms with Crippen molar-refractivity contribution in [3.05, 3.63) is 101 Å². The van der Waals surface area contributed by atoms with Crippen LogP contribution < -0.4 is 5.32 Å². The Bertz CT molecular complexity index is 1090. The van der Waals surface area contributed by atoms with Crippen LogP contribution in [0.5, 0.6) is 0 Å². The van der Waals surface area contributed by atoms with Crippen LogP contribution in [0.1, 0.15) is 48.0 Å². The van der Waals surface area contributed by atoms with E-state index in [1.54, 1.807) is 0 Å².